The first-order valence-electron chi connectivity index (χ1n) is 8.82. The average Bonchev–Trinajstić information content (AvgIpc) is 2.62. The van der Waals surface area contributed by atoms with E-state index in [0.29, 0.717) is 19.7 Å². The van der Waals surface area contributed by atoms with Crippen molar-refractivity contribution in [3.63, 3.8) is 0 Å². The molecule has 1 amide bonds. The lowest BCUT2D eigenvalue weighted by atomic mass is 9.89. The fraction of sp³-hybridized carbons (Fsp3) is 0.579. The molecule has 0 spiro atoms. The van der Waals surface area contributed by atoms with Crippen molar-refractivity contribution < 1.29 is 14.3 Å². The van der Waals surface area contributed by atoms with Crippen molar-refractivity contribution in [1.29, 1.82) is 0 Å². The highest BCUT2D eigenvalue weighted by Crippen LogP contribution is 2.22. The number of carbonyl (C=O) groups is 2. The smallest absolute Gasteiger partial charge is 0.220 e. The number of hydrogen-bond donors (Lipinski definition) is 2. The summed E-state index contributed by atoms with van der Waals surface area (Å²) >= 11 is 0. The number of fused-ring (bicyclic) bond motifs is 1. The van der Waals surface area contributed by atoms with Gasteiger partial charge in [0.05, 0.1) is 6.61 Å². The molecule has 2 N–H and O–H groups in total. The molecule has 0 aliphatic heterocycles. The standard InChI is InChI=1S/C19H28N2O3.ClH/c1-24-13-12-20-10-11-21-19(23)9-8-18(22)17-7-6-15-4-2-3-5-16(15)14-17;/h6-7,14,20H,2-5,8-13H2,1H3,(H,21,23);1H. The highest BCUT2D eigenvalue weighted by atomic mass is 35.5. The van der Waals surface area contributed by atoms with Crippen LogP contribution < -0.4 is 10.6 Å². The summed E-state index contributed by atoms with van der Waals surface area (Å²) in [5, 5.41) is 5.98. The maximum atomic E-state index is 12.3. The van der Waals surface area contributed by atoms with E-state index in [9.17, 15) is 9.59 Å². The van der Waals surface area contributed by atoms with Gasteiger partial charge < -0.3 is 15.4 Å². The normalized spacial score (nSPS) is 12.8. The van der Waals surface area contributed by atoms with E-state index < -0.39 is 0 Å². The van der Waals surface area contributed by atoms with E-state index in [1.807, 2.05) is 12.1 Å². The van der Waals surface area contributed by atoms with Gasteiger partial charge in [0.2, 0.25) is 5.91 Å². The molecule has 2 rings (SSSR count). The second-order valence-electron chi connectivity index (χ2n) is 6.21. The minimum Gasteiger partial charge on any atom is -0.383 e. The van der Waals surface area contributed by atoms with Crippen LogP contribution in [-0.4, -0.2) is 45.0 Å². The molecule has 1 aromatic carbocycles. The van der Waals surface area contributed by atoms with Crippen LogP contribution in [0.5, 0.6) is 0 Å². The van der Waals surface area contributed by atoms with Gasteiger partial charge in [-0.05, 0) is 42.9 Å². The van der Waals surface area contributed by atoms with Gasteiger partial charge in [0, 0.05) is 45.1 Å². The Kier molecular flexibility index (Phi) is 10.4. The van der Waals surface area contributed by atoms with Gasteiger partial charge >= 0.3 is 0 Å². The van der Waals surface area contributed by atoms with Gasteiger partial charge in [0.25, 0.3) is 0 Å². The monoisotopic (exact) mass is 368 g/mol. The van der Waals surface area contributed by atoms with Crippen molar-refractivity contribution in [2.24, 2.45) is 0 Å². The van der Waals surface area contributed by atoms with Crippen LogP contribution in [0.4, 0.5) is 0 Å². The van der Waals surface area contributed by atoms with Gasteiger partial charge in [-0.2, -0.15) is 0 Å². The predicted molar refractivity (Wildman–Crippen MR) is 102 cm³/mol. The molecule has 5 nitrogen and oxygen atoms in total. The van der Waals surface area contributed by atoms with Crippen LogP contribution in [-0.2, 0) is 22.4 Å². The summed E-state index contributed by atoms with van der Waals surface area (Å²) in [6.07, 6.45) is 5.12. The molecule has 0 unspecified atom stereocenters. The molecule has 0 aromatic heterocycles. The Labute approximate surface area is 156 Å². The number of hydrogen-bond acceptors (Lipinski definition) is 4. The van der Waals surface area contributed by atoms with Crippen LogP contribution in [0.2, 0.25) is 0 Å². The molecule has 0 radical (unpaired) electrons. The maximum absolute atomic E-state index is 12.3. The number of ether oxygens (including phenoxy) is 1. The van der Waals surface area contributed by atoms with E-state index in [0.717, 1.165) is 24.9 Å². The summed E-state index contributed by atoms with van der Waals surface area (Å²) in [7, 11) is 1.66. The molecule has 0 heterocycles. The summed E-state index contributed by atoms with van der Waals surface area (Å²) in [6, 6.07) is 6.01. The van der Waals surface area contributed by atoms with Gasteiger partial charge in [-0.3, -0.25) is 9.59 Å². The topological polar surface area (TPSA) is 67.4 Å². The van der Waals surface area contributed by atoms with Crippen molar-refractivity contribution >= 4 is 24.1 Å². The van der Waals surface area contributed by atoms with Gasteiger partial charge in [0.1, 0.15) is 0 Å². The highest BCUT2D eigenvalue weighted by molar-refractivity contribution is 5.98. The maximum Gasteiger partial charge on any atom is 0.220 e. The summed E-state index contributed by atoms with van der Waals surface area (Å²) in [5.41, 5.74) is 3.42. The first-order valence-corrected chi connectivity index (χ1v) is 8.82. The molecule has 6 heteroatoms. The number of aryl methyl sites for hydroxylation is 2. The molecule has 0 bridgehead atoms. The fourth-order valence-electron chi connectivity index (χ4n) is 2.96. The lowest BCUT2D eigenvalue weighted by molar-refractivity contribution is -0.121. The molecule has 1 aromatic rings. The summed E-state index contributed by atoms with van der Waals surface area (Å²) < 4.78 is 4.92. The number of ketones is 1. The third-order valence-electron chi connectivity index (χ3n) is 4.36. The Morgan fingerprint density at radius 3 is 2.56 bits per heavy atom. The molecule has 25 heavy (non-hydrogen) atoms. The van der Waals surface area contributed by atoms with E-state index in [1.54, 1.807) is 7.11 Å². The van der Waals surface area contributed by atoms with E-state index in [-0.39, 0.29) is 36.9 Å². The molecule has 140 valence electrons. The van der Waals surface area contributed by atoms with Crippen LogP contribution in [0.15, 0.2) is 18.2 Å². The van der Waals surface area contributed by atoms with E-state index >= 15 is 0 Å². The first kappa shape index (κ1) is 21.6. The largest absolute Gasteiger partial charge is 0.383 e. The van der Waals surface area contributed by atoms with Crippen molar-refractivity contribution in [3.8, 4) is 0 Å². The van der Waals surface area contributed by atoms with Crippen LogP contribution in [0.25, 0.3) is 0 Å². The summed E-state index contributed by atoms with van der Waals surface area (Å²) in [5.74, 6) is -0.0217. The Bertz CT molecular complexity index is 564. The zero-order chi connectivity index (χ0) is 17.2. The van der Waals surface area contributed by atoms with E-state index in [2.05, 4.69) is 16.7 Å². The summed E-state index contributed by atoms with van der Waals surface area (Å²) in [4.78, 5) is 24.1. The minimum atomic E-state index is -0.0742. The Morgan fingerprint density at radius 2 is 1.80 bits per heavy atom. The number of methoxy groups -OCH3 is 1. The minimum absolute atomic E-state index is 0. The van der Waals surface area contributed by atoms with Crippen molar-refractivity contribution in [2.75, 3.05) is 33.4 Å². The third-order valence-corrected chi connectivity index (χ3v) is 4.36. The fourth-order valence-corrected chi connectivity index (χ4v) is 2.96. The third kappa shape index (κ3) is 7.55. The van der Waals surface area contributed by atoms with Gasteiger partial charge in [0.15, 0.2) is 5.78 Å². The highest BCUT2D eigenvalue weighted by Gasteiger charge is 2.13. The molecule has 1 aliphatic carbocycles. The quantitative estimate of drug-likeness (QED) is 0.491. The van der Waals surface area contributed by atoms with Crippen LogP contribution in [0, 0.1) is 0 Å². The van der Waals surface area contributed by atoms with E-state index in [4.69, 9.17) is 4.74 Å². The van der Waals surface area contributed by atoms with Crippen molar-refractivity contribution in [1.82, 2.24) is 10.6 Å². The molecule has 0 fully saturated rings. The number of benzene rings is 1. The Hall–Kier alpha value is -1.43. The second kappa shape index (κ2) is 12.0. The number of nitrogens with one attached hydrogen (secondary N) is 2. The van der Waals surface area contributed by atoms with Crippen LogP contribution in [0.3, 0.4) is 0 Å². The molecule has 0 saturated carbocycles. The zero-order valence-electron chi connectivity index (χ0n) is 14.9. The number of halogens is 1. The lowest BCUT2D eigenvalue weighted by Gasteiger charge is -2.16. The molecular weight excluding hydrogens is 340 g/mol. The summed E-state index contributed by atoms with van der Waals surface area (Å²) in [6.45, 7) is 2.69. The predicted octanol–water partition coefficient (Wildman–Crippen LogP) is 2.30. The Morgan fingerprint density at radius 1 is 1.04 bits per heavy atom. The van der Waals surface area contributed by atoms with Crippen LogP contribution in [0.1, 0.15) is 47.2 Å². The Balaban J connectivity index is 0.00000312. The second-order valence-corrected chi connectivity index (χ2v) is 6.21. The van der Waals surface area contributed by atoms with E-state index in [1.165, 1.54) is 24.0 Å². The average molecular weight is 369 g/mol. The molecular formula is C19H29ClN2O3. The van der Waals surface area contributed by atoms with Crippen molar-refractivity contribution in [2.45, 2.75) is 38.5 Å². The number of rotatable bonds is 10. The SMILES string of the molecule is COCCNCCNC(=O)CCC(=O)c1ccc2c(c1)CCCC2.Cl. The van der Waals surface area contributed by atoms with Gasteiger partial charge in [-0.25, -0.2) is 0 Å². The first-order chi connectivity index (χ1) is 11.7. The van der Waals surface area contributed by atoms with Gasteiger partial charge in [-0.1, -0.05) is 12.1 Å². The zero-order valence-corrected chi connectivity index (χ0v) is 15.8. The van der Waals surface area contributed by atoms with Gasteiger partial charge in [-0.15, -0.1) is 12.4 Å². The molecule has 1 aliphatic rings. The molecule has 0 atom stereocenters. The lowest BCUT2D eigenvalue weighted by Crippen LogP contribution is -2.33. The van der Waals surface area contributed by atoms with Crippen LogP contribution >= 0.6 is 12.4 Å². The molecule has 0 saturated heterocycles. The number of amides is 1. The number of carbonyl (C=O) groups excluding carboxylic acids is 2. The number of Topliss-reactive ketones (excluding diaryl/α,β-unsaturated/α-hetero) is 1. The van der Waals surface area contributed by atoms with Crippen molar-refractivity contribution in [3.05, 3.63) is 34.9 Å².